The van der Waals surface area contributed by atoms with Crippen molar-refractivity contribution in [3.8, 4) is 0 Å². The van der Waals surface area contributed by atoms with E-state index in [1.165, 1.54) is 23.5 Å². The number of hydrogen-bond acceptors (Lipinski definition) is 4. The minimum Gasteiger partial charge on any atom is -0.452 e. The molecule has 0 aliphatic heterocycles. The summed E-state index contributed by atoms with van der Waals surface area (Å²) < 4.78 is 43.0. The first-order valence-electron chi connectivity index (χ1n) is 6.79. The maximum atomic E-state index is 12.7. The van der Waals surface area contributed by atoms with Crippen molar-refractivity contribution in [2.24, 2.45) is 0 Å². The highest BCUT2D eigenvalue weighted by Gasteiger charge is 2.33. The van der Waals surface area contributed by atoms with E-state index in [2.05, 4.69) is 5.32 Å². The molecule has 0 radical (unpaired) electrons. The van der Waals surface area contributed by atoms with Gasteiger partial charge in [-0.15, -0.1) is 0 Å². The van der Waals surface area contributed by atoms with Gasteiger partial charge in [-0.1, -0.05) is 11.6 Å². The number of alkyl halides is 3. The third kappa shape index (κ3) is 5.91. The number of carbonyl (C=O) groups excluding carboxylic acids is 2. The van der Waals surface area contributed by atoms with Gasteiger partial charge >= 0.3 is 12.1 Å². The largest absolute Gasteiger partial charge is 0.452 e. The van der Waals surface area contributed by atoms with Crippen LogP contribution in [0.15, 0.2) is 41.1 Å². The Morgan fingerprint density at radius 2 is 2.04 bits per heavy atom. The number of benzene rings is 1. The van der Waals surface area contributed by atoms with Crippen molar-refractivity contribution in [1.29, 1.82) is 0 Å². The molecule has 9 heteroatoms. The molecule has 1 N–H and O–H groups in total. The molecule has 1 aromatic heterocycles. The van der Waals surface area contributed by atoms with E-state index in [9.17, 15) is 22.8 Å². The average Bonchev–Trinajstić information content (AvgIpc) is 3.05. The van der Waals surface area contributed by atoms with Crippen LogP contribution in [0.25, 0.3) is 6.08 Å². The predicted molar refractivity (Wildman–Crippen MR) is 89.4 cm³/mol. The number of anilines is 1. The summed E-state index contributed by atoms with van der Waals surface area (Å²) in [5, 5.41) is 5.38. The maximum Gasteiger partial charge on any atom is 0.417 e. The minimum atomic E-state index is -4.64. The van der Waals surface area contributed by atoms with Crippen LogP contribution in [-0.4, -0.2) is 18.5 Å². The fraction of sp³-hybridized carbons (Fsp3) is 0.125. The SMILES string of the molecule is O=C(COC(=O)/C=C/c1ccsc1)Nc1ccc(Cl)c(C(F)(F)F)c1. The van der Waals surface area contributed by atoms with E-state index in [0.29, 0.717) is 6.07 Å². The van der Waals surface area contributed by atoms with Crippen LogP contribution >= 0.6 is 22.9 Å². The number of ether oxygens (including phenoxy) is 1. The second-order valence-electron chi connectivity index (χ2n) is 4.74. The van der Waals surface area contributed by atoms with Gasteiger partial charge in [0.1, 0.15) is 0 Å². The molecule has 1 aromatic carbocycles. The molecule has 0 aliphatic carbocycles. The predicted octanol–water partition coefficient (Wildman–Crippen LogP) is 4.62. The number of hydrogen-bond donors (Lipinski definition) is 1. The van der Waals surface area contributed by atoms with Crippen molar-refractivity contribution in [2.75, 3.05) is 11.9 Å². The Bertz CT molecular complexity index is 788. The van der Waals surface area contributed by atoms with Crippen LogP contribution in [0.3, 0.4) is 0 Å². The summed E-state index contributed by atoms with van der Waals surface area (Å²) in [6.45, 7) is -0.628. The van der Waals surface area contributed by atoms with Crippen LogP contribution in [0, 0.1) is 0 Å². The second-order valence-corrected chi connectivity index (χ2v) is 5.93. The Kier molecular flexibility index (Phi) is 6.22. The number of halogens is 4. The van der Waals surface area contributed by atoms with Gasteiger partial charge < -0.3 is 10.1 Å². The molecule has 2 rings (SSSR count). The lowest BCUT2D eigenvalue weighted by molar-refractivity contribution is -0.142. The van der Waals surface area contributed by atoms with E-state index in [1.807, 2.05) is 10.8 Å². The summed E-state index contributed by atoms with van der Waals surface area (Å²) in [7, 11) is 0. The van der Waals surface area contributed by atoms with E-state index < -0.39 is 35.2 Å². The van der Waals surface area contributed by atoms with E-state index in [4.69, 9.17) is 16.3 Å². The molecule has 0 saturated heterocycles. The highest BCUT2D eigenvalue weighted by molar-refractivity contribution is 7.08. The zero-order valence-electron chi connectivity index (χ0n) is 12.5. The monoisotopic (exact) mass is 389 g/mol. The molecular weight excluding hydrogens is 379 g/mol. The molecule has 0 aliphatic rings. The normalized spacial score (nSPS) is 11.5. The number of carbonyl (C=O) groups is 2. The maximum absolute atomic E-state index is 12.7. The lowest BCUT2D eigenvalue weighted by atomic mass is 10.2. The summed E-state index contributed by atoms with van der Waals surface area (Å²) in [5.74, 6) is -1.51. The van der Waals surface area contributed by atoms with Crippen LogP contribution in [-0.2, 0) is 20.5 Å². The summed E-state index contributed by atoms with van der Waals surface area (Å²) in [6.07, 6.45) is -1.97. The van der Waals surface area contributed by atoms with Gasteiger partial charge in [0.05, 0.1) is 10.6 Å². The molecule has 1 heterocycles. The van der Waals surface area contributed by atoms with Gasteiger partial charge in [-0.3, -0.25) is 4.79 Å². The smallest absolute Gasteiger partial charge is 0.417 e. The topological polar surface area (TPSA) is 55.4 Å². The van der Waals surface area contributed by atoms with Gasteiger partial charge in [0.15, 0.2) is 6.61 Å². The van der Waals surface area contributed by atoms with Gasteiger partial charge in [-0.25, -0.2) is 4.79 Å². The van der Waals surface area contributed by atoms with E-state index in [-0.39, 0.29) is 5.69 Å². The molecule has 0 atom stereocenters. The minimum absolute atomic E-state index is 0.105. The second kappa shape index (κ2) is 8.17. The Labute approximate surface area is 149 Å². The molecule has 0 spiro atoms. The Hall–Kier alpha value is -2.32. The average molecular weight is 390 g/mol. The number of rotatable bonds is 5. The van der Waals surface area contributed by atoms with Crippen LogP contribution in [0.1, 0.15) is 11.1 Å². The fourth-order valence-electron chi connectivity index (χ4n) is 1.74. The first-order valence-corrected chi connectivity index (χ1v) is 8.11. The van der Waals surface area contributed by atoms with Crippen LogP contribution in [0.2, 0.25) is 5.02 Å². The third-order valence-electron chi connectivity index (χ3n) is 2.86. The van der Waals surface area contributed by atoms with Gasteiger partial charge in [-0.2, -0.15) is 24.5 Å². The van der Waals surface area contributed by atoms with Crippen molar-refractivity contribution >= 4 is 46.6 Å². The third-order valence-corrected chi connectivity index (χ3v) is 3.89. The Morgan fingerprint density at radius 1 is 1.28 bits per heavy atom. The van der Waals surface area contributed by atoms with E-state index in [1.54, 1.807) is 6.07 Å². The lowest BCUT2D eigenvalue weighted by Gasteiger charge is -2.11. The van der Waals surface area contributed by atoms with Crippen LogP contribution in [0.4, 0.5) is 18.9 Å². The number of nitrogens with one attached hydrogen (secondary N) is 1. The molecule has 2 aromatic rings. The van der Waals surface area contributed by atoms with Crippen molar-refractivity contribution in [3.63, 3.8) is 0 Å². The molecular formula is C16H11ClF3NO3S. The molecule has 4 nitrogen and oxygen atoms in total. The summed E-state index contributed by atoms with van der Waals surface area (Å²) in [4.78, 5) is 23.1. The molecule has 132 valence electrons. The molecule has 0 saturated carbocycles. The van der Waals surface area contributed by atoms with Gasteiger partial charge in [0.2, 0.25) is 0 Å². The zero-order valence-corrected chi connectivity index (χ0v) is 14.0. The Morgan fingerprint density at radius 3 is 2.68 bits per heavy atom. The van der Waals surface area contributed by atoms with Gasteiger partial charge in [-0.05, 0) is 46.7 Å². The fourth-order valence-corrected chi connectivity index (χ4v) is 2.59. The molecule has 0 fully saturated rings. The number of thiophene rings is 1. The Balaban J connectivity index is 1.89. The number of amides is 1. The summed E-state index contributed by atoms with van der Waals surface area (Å²) in [6, 6.07) is 4.74. The van der Waals surface area contributed by atoms with Gasteiger partial charge in [0.25, 0.3) is 5.91 Å². The van der Waals surface area contributed by atoms with Crippen molar-refractivity contribution in [2.45, 2.75) is 6.18 Å². The quantitative estimate of drug-likeness (QED) is 0.600. The first-order chi connectivity index (χ1) is 11.8. The molecule has 0 unspecified atom stereocenters. The molecule has 0 bridgehead atoms. The van der Waals surface area contributed by atoms with Crippen molar-refractivity contribution in [1.82, 2.24) is 0 Å². The van der Waals surface area contributed by atoms with Crippen LogP contribution in [0.5, 0.6) is 0 Å². The lowest BCUT2D eigenvalue weighted by Crippen LogP contribution is -2.20. The van der Waals surface area contributed by atoms with Gasteiger partial charge in [0, 0.05) is 11.8 Å². The van der Waals surface area contributed by atoms with Crippen molar-refractivity contribution < 1.29 is 27.5 Å². The number of esters is 1. The highest BCUT2D eigenvalue weighted by Crippen LogP contribution is 2.36. The van der Waals surface area contributed by atoms with Crippen LogP contribution < -0.4 is 5.32 Å². The molecule has 25 heavy (non-hydrogen) atoms. The first kappa shape index (κ1) is 19.0. The van der Waals surface area contributed by atoms with Crippen molar-refractivity contribution in [3.05, 3.63) is 57.3 Å². The summed E-state index contributed by atoms with van der Waals surface area (Å²) >= 11 is 6.95. The van der Waals surface area contributed by atoms with E-state index in [0.717, 1.165) is 17.7 Å². The standard InChI is InChI=1S/C16H11ClF3NO3S/c17-13-3-2-11(7-12(13)16(18,19)20)21-14(22)8-24-15(23)4-1-10-5-6-25-9-10/h1-7,9H,8H2,(H,21,22)/b4-1+. The van der Waals surface area contributed by atoms with E-state index >= 15 is 0 Å². The zero-order chi connectivity index (χ0) is 18.4. The molecule has 1 amide bonds. The summed E-state index contributed by atoms with van der Waals surface area (Å²) in [5.41, 5.74) is -0.360. The highest BCUT2D eigenvalue weighted by atomic mass is 35.5.